The lowest BCUT2D eigenvalue weighted by atomic mass is 9.97. The molecule has 1 aromatic rings. The van der Waals surface area contributed by atoms with Crippen LogP contribution in [0.5, 0.6) is 0 Å². The molecule has 4 heteroatoms. The van der Waals surface area contributed by atoms with E-state index in [0.29, 0.717) is 5.75 Å². The number of carboxylic acids is 1. The van der Waals surface area contributed by atoms with Gasteiger partial charge in [-0.2, -0.15) is 0 Å². The zero-order chi connectivity index (χ0) is 10.8. The van der Waals surface area contributed by atoms with Crippen LogP contribution in [0.4, 0.5) is 0 Å². The summed E-state index contributed by atoms with van der Waals surface area (Å²) in [6.07, 6.45) is 0. The lowest BCUT2D eigenvalue weighted by Crippen LogP contribution is -2.26. The first-order chi connectivity index (χ1) is 6.42. The van der Waals surface area contributed by atoms with Crippen LogP contribution in [-0.4, -0.2) is 16.8 Å². The molecule has 14 heavy (non-hydrogen) atoms. The topological polar surface area (TPSA) is 50.4 Å². The summed E-state index contributed by atoms with van der Waals surface area (Å²) < 4.78 is 5.33. The van der Waals surface area contributed by atoms with E-state index in [0.717, 1.165) is 10.9 Å². The molecule has 1 aromatic heterocycles. The van der Waals surface area contributed by atoms with Crippen molar-refractivity contribution < 1.29 is 14.3 Å². The minimum absolute atomic E-state index is 0.509. The summed E-state index contributed by atoms with van der Waals surface area (Å²) in [6.45, 7) is 5.28. The largest absolute Gasteiger partial charge is 0.481 e. The van der Waals surface area contributed by atoms with Crippen LogP contribution in [-0.2, 0) is 4.79 Å². The van der Waals surface area contributed by atoms with E-state index in [-0.39, 0.29) is 0 Å². The van der Waals surface area contributed by atoms with E-state index in [1.807, 2.05) is 19.1 Å². The van der Waals surface area contributed by atoms with Gasteiger partial charge < -0.3 is 9.52 Å². The fourth-order valence-corrected chi connectivity index (χ4v) is 1.78. The van der Waals surface area contributed by atoms with Gasteiger partial charge in [0.2, 0.25) is 0 Å². The number of hydrogen-bond acceptors (Lipinski definition) is 3. The maximum absolute atomic E-state index is 10.8. The van der Waals surface area contributed by atoms with Gasteiger partial charge in [0, 0.05) is 5.75 Å². The number of thioether (sulfide) groups is 1. The Morgan fingerprint density at radius 1 is 1.57 bits per heavy atom. The van der Waals surface area contributed by atoms with Crippen molar-refractivity contribution in [1.82, 2.24) is 0 Å². The van der Waals surface area contributed by atoms with Crippen molar-refractivity contribution >= 4 is 17.7 Å². The molecular weight excluding hydrogens is 200 g/mol. The fourth-order valence-electron chi connectivity index (χ4n) is 0.803. The van der Waals surface area contributed by atoms with Gasteiger partial charge in [0.15, 0.2) is 5.09 Å². The van der Waals surface area contributed by atoms with Crippen LogP contribution in [0.15, 0.2) is 21.6 Å². The summed E-state index contributed by atoms with van der Waals surface area (Å²) in [7, 11) is 0. The minimum Gasteiger partial charge on any atom is -0.481 e. The van der Waals surface area contributed by atoms with Gasteiger partial charge >= 0.3 is 5.97 Å². The lowest BCUT2D eigenvalue weighted by molar-refractivity contribution is -0.145. The molecule has 0 atom stereocenters. The van der Waals surface area contributed by atoms with Crippen LogP contribution < -0.4 is 0 Å². The first-order valence-electron chi connectivity index (χ1n) is 4.34. The van der Waals surface area contributed by atoms with Crippen molar-refractivity contribution in [3.63, 3.8) is 0 Å². The smallest absolute Gasteiger partial charge is 0.309 e. The second-order valence-electron chi connectivity index (χ2n) is 3.84. The number of furan rings is 1. The molecular formula is C10H14O3S. The molecule has 0 aliphatic carbocycles. The second kappa shape index (κ2) is 4.09. The van der Waals surface area contributed by atoms with E-state index >= 15 is 0 Å². The monoisotopic (exact) mass is 214 g/mol. The fraction of sp³-hybridized carbons (Fsp3) is 0.500. The predicted molar refractivity (Wildman–Crippen MR) is 55.6 cm³/mol. The maximum Gasteiger partial charge on any atom is 0.309 e. The summed E-state index contributed by atoms with van der Waals surface area (Å²) >= 11 is 1.43. The van der Waals surface area contributed by atoms with Crippen LogP contribution in [0, 0.1) is 12.3 Å². The number of aliphatic carboxylic acids is 1. The lowest BCUT2D eigenvalue weighted by Gasteiger charge is -2.16. The molecule has 1 N–H and O–H groups in total. The Kier molecular flexibility index (Phi) is 3.26. The van der Waals surface area contributed by atoms with Gasteiger partial charge in [-0.05, 0) is 32.9 Å². The van der Waals surface area contributed by atoms with E-state index in [1.54, 1.807) is 13.8 Å². The van der Waals surface area contributed by atoms with Gasteiger partial charge in [-0.15, -0.1) is 0 Å². The van der Waals surface area contributed by atoms with Crippen molar-refractivity contribution in [2.24, 2.45) is 5.41 Å². The summed E-state index contributed by atoms with van der Waals surface area (Å²) in [6, 6.07) is 3.73. The average molecular weight is 214 g/mol. The van der Waals surface area contributed by atoms with Crippen LogP contribution in [0.3, 0.4) is 0 Å². The van der Waals surface area contributed by atoms with Crippen LogP contribution in [0.2, 0.25) is 0 Å². The van der Waals surface area contributed by atoms with Crippen LogP contribution in [0.25, 0.3) is 0 Å². The van der Waals surface area contributed by atoms with Gasteiger partial charge in [-0.3, -0.25) is 4.79 Å². The zero-order valence-corrected chi connectivity index (χ0v) is 9.35. The van der Waals surface area contributed by atoms with Crippen LogP contribution >= 0.6 is 11.8 Å². The highest BCUT2D eigenvalue weighted by Gasteiger charge is 2.27. The summed E-state index contributed by atoms with van der Waals surface area (Å²) in [4.78, 5) is 10.8. The van der Waals surface area contributed by atoms with E-state index in [9.17, 15) is 4.79 Å². The molecule has 0 aromatic carbocycles. The predicted octanol–water partition coefficient (Wildman–Crippen LogP) is 2.79. The summed E-state index contributed by atoms with van der Waals surface area (Å²) in [5.41, 5.74) is -0.717. The van der Waals surface area contributed by atoms with Gasteiger partial charge in [-0.1, -0.05) is 11.8 Å². The van der Waals surface area contributed by atoms with E-state index in [1.165, 1.54) is 11.8 Å². The second-order valence-corrected chi connectivity index (χ2v) is 4.82. The quantitative estimate of drug-likeness (QED) is 0.783. The Hall–Kier alpha value is -0.900. The molecule has 0 fully saturated rings. The number of carbonyl (C=O) groups is 1. The van der Waals surface area contributed by atoms with Gasteiger partial charge in [-0.25, -0.2) is 0 Å². The Labute approximate surface area is 87.5 Å². The van der Waals surface area contributed by atoms with Gasteiger partial charge in [0.25, 0.3) is 0 Å². The molecule has 0 radical (unpaired) electrons. The zero-order valence-electron chi connectivity index (χ0n) is 8.53. The number of aryl methyl sites for hydroxylation is 1. The molecule has 1 rings (SSSR count). The third-order valence-electron chi connectivity index (χ3n) is 1.87. The summed E-state index contributed by atoms with van der Waals surface area (Å²) in [5.74, 6) is 0.573. The average Bonchev–Trinajstić information content (AvgIpc) is 2.48. The molecule has 78 valence electrons. The number of rotatable bonds is 4. The Balaban J connectivity index is 2.52. The molecule has 0 saturated carbocycles. The maximum atomic E-state index is 10.8. The number of hydrogen-bond donors (Lipinski definition) is 1. The Bertz CT molecular complexity index is 328. The Morgan fingerprint density at radius 3 is 2.64 bits per heavy atom. The van der Waals surface area contributed by atoms with E-state index in [2.05, 4.69) is 0 Å². The number of carboxylic acid groups (broad SMARTS) is 1. The molecule has 3 nitrogen and oxygen atoms in total. The van der Waals surface area contributed by atoms with Crippen molar-refractivity contribution in [2.75, 3.05) is 5.75 Å². The third kappa shape index (κ3) is 2.80. The Morgan fingerprint density at radius 2 is 2.21 bits per heavy atom. The molecule has 0 bridgehead atoms. The van der Waals surface area contributed by atoms with Gasteiger partial charge in [0.05, 0.1) is 5.41 Å². The molecule has 0 aliphatic rings. The standard InChI is InChI=1S/C10H14O3S/c1-7-4-5-8(13-7)14-6-10(2,3)9(11)12/h4-5H,6H2,1-3H3,(H,11,12). The molecule has 0 amide bonds. The van der Waals surface area contributed by atoms with Gasteiger partial charge in [0.1, 0.15) is 5.76 Å². The first kappa shape index (κ1) is 11.2. The van der Waals surface area contributed by atoms with E-state index < -0.39 is 11.4 Å². The SMILES string of the molecule is Cc1ccc(SCC(C)(C)C(=O)O)o1. The highest BCUT2D eigenvalue weighted by atomic mass is 32.2. The highest BCUT2D eigenvalue weighted by molar-refractivity contribution is 7.99. The van der Waals surface area contributed by atoms with Crippen molar-refractivity contribution in [2.45, 2.75) is 25.9 Å². The molecule has 0 saturated heterocycles. The normalized spacial score (nSPS) is 11.6. The third-order valence-corrected chi connectivity index (χ3v) is 3.24. The summed E-state index contributed by atoms with van der Waals surface area (Å²) in [5, 5.41) is 9.66. The minimum atomic E-state index is -0.784. The molecule has 0 unspecified atom stereocenters. The van der Waals surface area contributed by atoms with Crippen molar-refractivity contribution in [3.8, 4) is 0 Å². The van der Waals surface area contributed by atoms with Crippen LogP contribution in [0.1, 0.15) is 19.6 Å². The first-order valence-corrected chi connectivity index (χ1v) is 5.33. The highest BCUT2D eigenvalue weighted by Crippen LogP contribution is 2.28. The van der Waals surface area contributed by atoms with Crippen molar-refractivity contribution in [1.29, 1.82) is 0 Å². The molecule has 0 spiro atoms. The van der Waals surface area contributed by atoms with Crippen molar-refractivity contribution in [3.05, 3.63) is 17.9 Å². The molecule has 0 aliphatic heterocycles. The molecule has 1 heterocycles. The van der Waals surface area contributed by atoms with E-state index in [4.69, 9.17) is 9.52 Å².